The van der Waals surface area contributed by atoms with E-state index in [1.54, 1.807) is 12.1 Å². The Hall–Kier alpha value is -2.74. The number of carbonyl (C=O) groups is 2. The normalized spacial score (nSPS) is 11.5. The fourth-order valence-electron chi connectivity index (χ4n) is 2.25. The van der Waals surface area contributed by atoms with Gasteiger partial charge in [-0.15, -0.1) is 11.3 Å². The molecule has 3 N–H and O–H groups in total. The van der Waals surface area contributed by atoms with Gasteiger partial charge in [0.2, 0.25) is 0 Å². The molecular weight excluding hydrogens is 343 g/mol. The molecular formula is C17H17FN4O2S. The third-order valence-corrected chi connectivity index (χ3v) is 4.36. The first-order valence-electron chi connectivity index (χ1n) is 7.61. The summed E-state index contributed by atoms with van der Waals surface area (Å²) in [7, 11) is 0. The minimum Gasteiger partial charge on any atom is -0.347 e. The van der Waals surface area contributed by atoms with Crippen LogP contribution in [-0.4, -0.2) is 27.6 Å². The van der Waals surface area contributed by atoms with Gasteiger partial charge in [-0.2, -0.15) is 5.10 Å². The minimum absolute atomic E-state index is 0.0698. The predicted octanol–water partition coefficient (Wildman–Crippen LogP) is 3.54. The van der Waals surface area contributed by atoms with Crippen LogP contribution in [0, 0.1) is 5.82 Å². The molecule has 0 aliphatic carbocycles. The summed E-state index contributed by atoms with van der Waals surface area (Å²) >= 11 is 1.24. The Bertz CT molecular complexity index is 955. The lowest BCUT2D eigenvalue weighted by atomic mass is 10.1. The third kappa shape index (κ3) is 3.69. The van der Waals surface area contributed by atoms with E-state index in [-0.39, 0.29) is 22.8 Å². The molecule has 0 saturated carbocycles. The van der Waals surface area contributed by atoms with E-state index in [9.17, 15) is 14.0 Å². The van der Waals surface area contributed by atoms with Crippen molar-refractivity contribution < 1.29 is 14.0 Å². The Labute approximate surface area is 147 Å². The van der Waals surface area contributed by atoms with Crippen molar-refractivity contribution in [1.82, 2.24) is 15.5 Å². The second-order valence-corrected chi connectivity index (χ2v) is 7.62. The van der Waals surface area contributed by atoms with Crippen LogP contribution in [0.2, 0.25) is 0 Å². The van der Waals surface area contributed by atoms with E-state index in [1.165, 1.54) is 29.5 Å². The lowest BCUT2D eigenvalue weighted by Crippen LogP contribution is -2.40. The molecule has 1 aromatic carbocycles. The molecule has 130 valence electrons. The zero-order valence-corrected chi connectivity index (χ0v) is 14.8. The van der Waals surface area contributed by atoms with Crippen molar-refractivity contribution in [2.24, 2.45) is 0 Å². The zero-order chi connectivity index (χ0) is 18.2. The van der Waals surface area contributed by atoms with E-state index in [1.807, 2.05) is 20.8 Å². The van der Waals surface area contributed by atoms with Crippen LogP contribution in [0.5, 0.6) is 0 Å². The first kappa shape index (κ1) is 17.1. The SMILES string of the molecule is CC(C)(C)NC(=O)c1cc2c(NC(=O)c3ccccc3F)n[nH]c2s1. The number of carbonyl (C=O) groups excluding carboxylic acids is 2. The summed E-state index contributed by atoms with van der Waals surface area (Å²) in [6.07, 6.45) is 0. The number of H-pyrrole nitrogens is 1. The van der Waals surface area contributed by atoms with E-state index in [4.69, 9.17) is 0 Å². The molecule has 3 aromatic rings. The number of thiophene rings is 1. The first-order valence-corrected chi connectivity index (χ1v) is 8.42. The maximum atomic E-state index is 13.7. The smallest absolute Gasteiger partial charge is 0.261 e. The summed E-state index contributed by atoms with van der Waals surface area (Å²) in [6, 6.07) is 7.36. The van der Waals surface area contributed by atoms with Gasteiger partial charge in [-0.25, -0.2) is 4.39 Å². The standard InChI is InChI=1S/C17H17FN4O2S/c1-17(2,3)20-15(24)12-8-10-13(21-22-16(10)25-12)19-14(23)9-6-4-5-7-11(9)18/h4-8H,1-3H3,(H,20,24)(H2,19,21,22,23). The summed E-state index contributed by atoms with van der Waals surface area (Å²) in [5.74, 6) is -1.15. The van der Waals surface area contributed by atoms with E-state index in [0.717, 1.165) is 0 Å². The quantitative estimate of drug-likeness (QED) is 0.668. The minimum atomic E-state index is -0.609. The van der Waals surface area contributed by atoms with Gasteiger partial charge in [-0.3, -0.25) is 14.7 Å². The highest BCUT2D eigenvalue weighted by Gasteiger charge is 2.20. The number of hydrogen-bond acceptors (Lipinski definition) is 4. The number of amides is 2. The van der Waals surface area contributed by atoms with Crippen molar-refractivity contribution in [1.29, 1.82) is 0 Å². The van der Waals surface area contributed by atoms with E-state index < -0.39 is 11.7 Å². The molecule has 0 unspecified atom stereocenters. The van der Waals surface area contributed by atoms with Crippen LogP contribution in [0.3, 0.4) is 0 Å². The van der Waals surface area contributed by atoms with Crippen LogP contribution >= 0.6 is 11.3 Å². The van der Waals surface area contributed by atoms with Crippen molar-refractivity contribution >= 4 is 39.2 Å². The maximum Gasteiger partial charge on any atom is 0.261 e. The van der Waals surface area contributed by atoms with Gasteiger partial charge in [0.15, 0.2) is 5.82 Å². The number of rotatable bonds is 3. The molecule has 8 heteroatoms. The Morgan fingerprint density at radius 3 is 2.60 bits per heavy atom. The van der Waals surface area contributed by atoms with E-state index in [0.29, 0.717) is 15.1 Å². The van der Waals surface area contributed by atoms with Gasteiger partial charge < -0.3 is 10.6 Å². The van der Waals surface area contributed by atoms with Crippen molar-refractivity contribution in [3.05, 3.63) is 46.6 Å². The number of nitrogens with one attached hydrogen (secondary N) is 3. The van der Waals surface area contributed by atoms with Gasteiger partial charge >= 0.3 is 0 Å². The van der Waals surface area contributed by atoms with Gasteiger partial charge in [0.1, 0.15) is 10.6 Å². The molecule has 2 aromatic heterocycles. The monoisotopic (exact) mass is 360 g/mol. The van der Waals surface area contributed by atoms with Gasteiger partial charge in [0, 0.05) is 5.54 Å². The van der Waals surface area contributed by atoms with Crippen LogP contribution < -0.4 is 10.6 Å². The van der Waals surface area contributed by atoms with Gasteiger partial charge in [-0.1, -0.05) is 12.1 Å². The summed E-state index contributed by atoms with van der Waals surface area (Å²) in [6.45, 7) is 5.68. The number of fused-ring (bicyclic) bond motifs is 1. The molecule has 0 radical (unpaired) electrons. The number of aromatic nitrogens is 2. The van der Waals surface area contributed by atoms with E-state index >= 15 is 0 Å². The number of halogens is 1. The number of benzene rings is 1. The summed E-state index contributed by atoms with van der Waals surface area (Å²) < 4.78 is 13.7. The molecule has 0 aliphatic rings. The highest BCUT2D eigenvalue weighted by molar-refractivity contribution is 7.20. The molecule has 6 nitrogen and oxygen atoms in total. The average molecular weight is 360 g/mol. The highest BCUT2D eigenvalue weighted by atomic mass is 32.1. The largest absolute Gasteiger partial charge is 0.347 e. The second-order valence-electron chi connectivity index (χ2n) is 6.56. The fourth-order valence-corrected chi connectivity index (χ4v) is 3.14. The average Bonchev–Trinajstić information content (AvgIpc) is 3.08. The topological polar surface area (TPSA) is 86.9 Å². The molecule has 0 bridgehead atoms. The molecule has 0 aliphatic heterocycles. The lowest BCUT2D eigenvalue weighted by Gasteiger charge is -2.19. The molecule has 0 atom stereocenters. The number of nitrogens with zero attached hydrogens (tertiary/aromatic N) is 1. The van der Waals surface area contributed by atoms with Crippen LogP contribution in [-0.2, 0) is 0 Å². The Kier molecular flexibility index (Phi) is 4.30. The zero-order valence-electron chi connectivity index (χ0n) is 13.9. The van der Waals surface area contributed by atoms with E-state index in [2.05, 4.69) is 20.8 Å². The molecule has 0 spiro atoms. The van der Waals surface area contributed by atoms with Crippen molar-refractivity contribution in [2.45, 2.75) is 26.3 Å². The molecule has 2 amide bonds. The van der Waals surface area contributed by atoms with Crippen LogP contribution in [0.1, 0.15) is 40.8 Å². The Morgan fingerprint density at radius 1 is 1.20 bits per heavy atom. The number of aromatic amines is 1. The van der Waals surface area contributed by atoms with Gasteiger partial charge in [0.05, 0.1) is 15.8 Å². The molecule has 2 heterocycles. The van der Waals surface area contributed by atoms with Crippen molar-refractivity contribution in [3.63, 3.8) is 0 Å². The second kappa shape index (κ2) is 6.29. The van der Waals surface area contributed by atoms with Crippen LogP contribution in [0.4, 0.5) is 10.2 Å². The molecule has 3 rings (SSSR count). The summed E-state index contributed by atoms with van der Waals surface area (Å²) in [5, 5.41) is 12.9. The van der Waals surface area contributed by atoms with Crippen LogP contribution in [0.25, 0.3) is 10.2 Å². The first-order chi connectivity index (χ1) is 11.7. The number of anilines is 1. The third-order valence-electron chi connectivity index (χ3n) is 3.32. The summed E-state index contributed by atoms with van der Waals surface area (Å²) in [4.78, 5) is 25.6. The molecule has 25 heavy (non-hydrogen) atoms. The summed E-state index contributed by atoms with van der Waals surface area (Å²) in [5.41, 5.74) is -0.422. The molecule has 0 saturated heterocycles. The highest BCUT2D eigenvalue weighted by Crippen LogP contribution is 2.29. The lowest BCUT2D eigenvalue weighted by molar-refractivity contribution is 0.0923. The van der Waals surface area contributed by atoms with Gasteiger partial charge in [-0.05, 0) is 39.0 Å². The maximum absolute atomic E-state index is 13.7. The fraction of sp³-hybridized carbons (Fsp3) is 0.235. The predicted molar refractivity (Wildman–Crippen MR) is 95.5 cm³/mol. The van der Waals surface area contributed by atoms with Crippen LogP contribution in [0.15, 0.2) is 30.3 Å². The van der Waals surface area contributed by atoms with Gasteiger partial charge in [0.25, 0.3) is 11.8 Å². The van der Waals surface area contributed by atoms with Crippen molar-refractivity contribution in [3.8, 4) is 0 Å². The Morgan fingerprint density at radius 2 is 1.92 bits per heavy atom. The van der Waals surface area contributed by atoms with Crippen molar-refractivity contribution in [2.75, 3.05) is 5.32 Å². The molecule has 0 fully saturated rings. The number of hydrogen-bond donors (Lipinski definition) is 3. The Balaban J connectivity index is 1.85.